The predicted octanol–water partition coefficient (Wildman–Crippen LogP) is 4.05. The second-order valence-electron chi connectivity index (χ2n) is 6.13. The molecule has 0 bridgehead atoms. The molecule has 0 aliphatic heterocycles. The standard InChI is InChI=1S/C14H28O4/c1-6-7-8-9-16-18-17-13(15)10-12(2)11-14(3,4)5/h12H,6-11H2,1-5H3. The molecule has 0 radical (unpaired) electrons. The van der Waals surface area contributed by atoms with Crippen LogP contribution in [0.1, 0.15) is 66.7 Å². The van der Waals surface area contributed by atoms with Gasteiger partial charge in [-0.25, -0.2) is 4.79 Å². The highest BCUT2D eigenvalue weighted by Gasteiger charge is 2.19. The third-order valence-electron chi connectivity index (χ3n) is 2.48. The van der Waals surface area contributed by atoms with Crippen LogP contribution in [-0.2, 0) is 19.6 Å². The summed E-state index contributed by atoms with van der Waals surface area (Å²) in [5.41, 5.74) is 0.219. The summed E-state index contributed by atoms with van der Waals surface area (Å²) in [5.74, 6) is -0.0940. The van der Waals surface area contributed by atoms with E-state index in [2.05, 4.69) is 37.6 Å². The van der Waals surface area contributed by atoms with Crippen LogP contribution in [0.15, 0.2) is 0 Å². The maximum atomic E-state index is 11.4. The van der Waals surface area contributed by atoms with Gasteiger partial charge in [0.05, 0.1) is 13.0 Å². The van der Waals surface area contributed by atoms with Crippen molar-refractivity contribution < 1.29 is 19.6 Å². The number of unbranched alkanes of at least 4 members (excludes halogenated alkanes) is 2. The van der Waals surface area contributed by atoms with Gasteiger partial charge < -0.3 is 0 Å². The minimum Gasteiger partial charge on any atom is -0.269 e. The van der Waals surface area contributed by atoms with Gasteiger partial charge in [-0.15, -0.1) is 0 Å². The Labute approximate surface area is 111 Å². The molecule has 0 aromatic carbocycles. The van der Waals surface area contributed by atoms with Gasteiger partial charge in [0.15, 0.2) is 0 Å². The van der Waals surface area contributed by atoms with Crippen LogP contribution < -0.4 is 0 Å². The van der Waals surface area contributed by atoms with E-state index >= 15 is 0 Å². The first kappa shape index (κ1) is 17.4. The predicted molar refractivity (Wildman–Crippen MR) is 70.5 cm³/mol. The molecule has 18 heavy (non-hydrogen) atoms. The first-order chi connectivity index (χ1) is 8.35. The molecule has 0 aliphatic rings. The van der Waals surface area contributed by atoms with Crippen molar-refractivity contribution in [3.63, 3.8) is 0 Å². The summed E-state index contributed by atoms with van der Waals surface area (Å²) in [7, 11) is 0. The maximum Gasteiger partial charge on any atom is 0.345 e. The quantitative estimate of drug-likeness (QED) is 0.356. The van der Waals surface area contributed by atoms with Crippen LogP contribution >= 0.6 is 0 Å². The van der Waals surface area contributed by atoms with Gasteiger partial charge in [0.25, 0.3) is 0 Å². The van der Waals surface area contributed by atoms with Crippen LogP contribution in [-0.4, -0.2) is 12.6 Å². The van der Waals surface area contributed by atoms with Crippen molar-refractivity contribution in [2.75, 3.05) is 6.61 Å². The number of rotatable bonds is 9. The highest BCUT2D eigenvalue weighted by Crippen LogP contribution is 2.26. The monoisotopic (exact) mass is 260 g/mol. The SMILES string of the molecule is CCCCCOOOC(=O)CC(C)CC(C)(C)C. The molecule has 4 nitrogen and oxygen atoms in total. The molecule has 108 valence electrons. The Kier molecular flexibility index (Phi) is 9.02. The van der Waals surface area contributed by atoms with Gasteiger partial charge in [0, 0.05) is 0 Å². The summed E-state index contributed by atoms with van der Waals surface area (Å²) >= 11 is 0. The van der Waals surface area contributed by atoms with Crippen LogP contribution in [0, 0.1) is 11.3 Å². The molecule has 0 rings (SSSR count). The van der Waals surface area contributed by atoms with Gasteiger partial charge >= 0.3 is 5.97 Å². The van der Waals surface area contributed by atoms with Crippen LogP contribution in [0.5, 0.6) is 0 Å². The van der Waals surface area contributed by atoms with Crippen LogP contribution in [0.25, 0.3) is 0 Å². The minimum absolute atomic E-state index is 0.219. The Bertz CT molecular complexity index is 220. The van der Waals surface area contributed by atoms with Crippen molar-refractivity contribution in [1.82, 2.24) is 0 Å². The third-order valence-corrected chi connectivity index (χ3v) is 2.48. The van der Waals surface area contributed by atoms with Crippen LogP contribution in [0.4, 0.5) is 0 Å². The number of hydrogen-bond donors (Lipinski definition) is 0. The lowest BCUT2D eigenvalue weighted by atomic mass is 9.84. The lowest BCUT2D eigenvalue weighted by molar-refractivity contribution is -0.486. The van der Waals surface area contributed by atoms with E-state index in [4.69, 9.17) is 4.89 Å². The van der Waals surface area contributed by atoms with Crippen molar-refractivity contribution in [2.24, 2.45) is 11.3 Å². The second-order valence-corrected chi connectivity index (χ2v) is 6.13. The molecular weight excluding hydrogens is 232 g/mol. The molecule has 1 atom stereocenters. The van der Waals surface area contributed by atoms with E-state index in [0.29, 0.717) is 13.0 Å². The maximum absolute atomic E-state index is 11.4. The zero-order chi connectivity index (χ0) is 14.0. The number of hydrogen-bond acceptors (Lipinski definition) is 4. The average Bonchev–Trinajstić information content (AvgIpc) is 2.20. The molecule has 1 unspecified atom stereocenters. The minimum atomic E-state index is -0.373. The van der Waals surface area contributed by atoms with E-state index in [9.17, 15) is 4.79 Å². The highest BCUT2D eigenvalue weighted by molar-refractivity contribution is 5.68. The highest BCUT2D eigenvalue weighted by atomic mass is 17.5. The molecule has 0 spiro atoms. The molecule has 0 aromatic rings. The lowest BCUT2D eigenvalue weighted by Crippen LogP contribution is -2.16. The molecule has 0 N–H and O–H groups in total. The molecule has 0 saturated heterocycles. The first-order valence-corrected chi connectivity index (χ1v) is 6.84. The van der Waals surface area contributed by atoms with E-state index in [-0.39, 0.29) is 17.3 Å². The zero-order valence-corrected chi connectivity index (χ0v) is 12.5. The van der Waals surface area contributed by atoms with Crippen molar-refractivity contribution >= 4 is 5.97 Å². The van der Waals surface area contributed by atoms with Gasteiger partial charge in [-0.3, -0.25) is 4.89 Å². The van der Waals surface area contributed by atoms with Gasteiger partial charge in [0.2, 0.25) is 0 Å². The van der Waals surface area contributed by atoms with Gasteiger partial charge in [0.1, 0.15) is 0 Å². The Hall–Kier alpha value is -0.610. The van der Waals surface area contributed by atoms with Crippen LogP contribution in [0.3, 0.4) is 0 Å². The van der Waals surface area contributed by atoms with Gasteiger partial charge in [-0.05, 0) is 29.2 Å². The summed E-state index contributed by atoms with van der Waals surface area (Å²) in [6.07, 6.45) is 4.44. The molecule has 0 fully saturated rings. The molecule has 0 aromatic heterocycles. The fourth-order valence-electron chi connectivity index (χ4n) is 1.94. The summed E-state index contributed by atoms with van der Waals surface area (Å²) in [6.45, 7) is 11.1. The van der Waals surface area contributed by atoms with E-state index in [0.717, 1.165) is 25.7 Å². The second kappa shape index (κ2) is 9.34. The third kappa shape index (κ3) is 11.9. The van der Waals surface area contributed by atoms with Crippen molar-refractivity contribution in [3.8, 4) is 0 Å². The number of carbonyl (C=O) groups is 1. The Balaban J connectivity index is 3.53. The fourth-order valence-corrected chi connectivity index (χ4v) is 1.94. The molecule has 0 amide bonds. The Morgan fingerprint density at radius 1 is 1.22 bits per heavy atom. The Morgan fingerprint density at radius 2 is 1.89 bits per heavy atom. The molecule has 0 heterocycles. The number of carbonyl (C=O) groups excluding carboxylic acids is 1. The fraction of sp³-hybridized carbons (Fsp3) is 0.929. The Morgan fingerprint density at radius 3 is 2.44 bits per heavy atom. The molecular formula is C14H28O4. The first-order valence-electron chi connectivity index (χ1n) is 6.84. The summed E-state index contributed by atoms with van der Waals surface area (Å²) < 4.78 is 0. The van der Waals surface area contributed by atoms with Crippen molar-refractivity contribution in [2.45, 2.75) is 66.7 Å². The zero-order valence-electron chi connectivity index (χ0n) is 12.5. The van der Waals surface area contributed by atoms with Crippen LogP contribution in [0.2, 0.25) is 0 Å². The summed E-state index contributed by atoms with van der Waals surface area (Å²) in [6, 6.07) is 0. The van der Waals surface area contributed by atoms with E-state index in [1.807, 2.05) is 6.92 Å². The van der Waals surface area contributed by atoms with Crippen molar-refractivity contribution in [1.29, 1.82) is 0 Å². The summed E-state index contributed by atoms with van der Waals surface area (Å²) in [5, 5.41) is 4.42. The van der Waals surface area contributed by atoms with E-state index in [1.165, 1.54) is 0 Å². The van der Waals surface area contributed by atoms with E-state index < -0.39 is 0 Å². The topological polar surface area (TPSA) is 44.8 Å². The smallest absolute Gasteiger partial charge is 0.269 e. The van der Waals surface area contributed by atoms with E-state index in [1.54, 1.807) is 0 Å². The van der Waals surface area contributed by atoms with Crippen molar-refractivity contribution in [3.05, 3.63) is 0 Å². The largest absolute Gasteiger partial charge is 0.345 e. The normalized spacial score (nSPS) is 13.4. The average molecular weight is 260 g/mol. The molecule has 0 saturated carbocycles. The van der Waals surface area contributed by atoms with Gasteiger partial charge in [-0.2, -0.15) is 4.89 Å². The molecule has 4 heteroatoms. The summed E-state index contributed by atoms with van der Waals surface area (Å²) in [4.78, 5) is 20.7. The van der Waals surface area contributed by atoms with Gasteiger partial charge in [-0.1, -0.05) is 47.5 Å². The molecule has 0 aliphatic carbocycles. The lowest BCUT2D eigenvalue weighted by Gasteiger charge is -2.22.